The molecule has 2 aromatic carbocycles. The van der Waals surface area contributed by atoms with Crippen molar-refractivity contribution in [2.45, 2.75) is 37.7 Å². The third kappa shape index (κ3) is 8.03. The maximum Gasteiger partial charge on any atom is 0.427 e. The lowest BCUT2D eigenvalue weighted by Crippen LogP contribution is -2.49. The van der Waals surface area contributed by atoms with Gasteiger partial charge in [0.25, 0.3) is 0 Å². The highest BCUT2D eigenvalue weighted by Crippen LogP contribution is 2.39. The fourth-order valence-corrected chi connectivity index (χ4v) is 3.91. The quantitative estimate of drug-likeness (QED) is 0.122. The molecule has 15 heteroatoms. The SMILES string of the molecule is COC(=O)[15NH]/[15N]=[13C](\[15NH2])[13CH2]N1CCO[C@H](O[C@H](C)c2cc(C(F)(F)F)cc(C(F)(F)F)c2)[C@@H]1c1ccc(F)cc1. The second kappa shape index (κ2) is 12.2. The van der Waals surface area contributed by atoms with Gasteiger partial charge in [-0.2, -0.15) is 31.4 Å². The van der Waals surface area contributed by atoms with Crippen LogP contribution in [0.2, 0.25) is 0 Å². The number of nitrogens with two attached hydrogens (primary N) is 1. The first-order valence-corrected chi connectivity index (χ1v) is 11.4. The van der Waals surface area contributed by atoms with Crippen molar-refractivity contribution >= 4 is 11.9 Å². The number of nitrogens with one attached hydrogen (secondary N) is 1. The number of alkyl halides is 6. The summed E-state index contributed by atoms with van der Waals surface area (Å²) in [6.45, 7) is 1.51. The fraction of sp³-hybridized carbons (Fsp3) is 0.417. The number of methoxy groups -OCH3 is 1. The van der Waals surface area contributed by atoms with Gasteiger partial charge in [0.2, 0.25) is 0 Å². The maximum atomic E-state index is 13.6. The smallest absolute Gasteiger partial charge is 0.427 e. The molecule has 0 radical (unpaired) electrons. The van der Waals surface area contributed by atoms with Crippen molar-refractivity contribution in [1.29, 1.82) is 0 Å². The molecule has 0 aromatic heterocycles. The predicted octanol–water partition coefficient (Wildman–Crippen LogP) is 4.97. The van der Waals surface area contributed by atoms with Crippen molar-refractivity contribution in [2.75, 3.05) is 26.8 Å². The first kappa shape index (κ1) is 30.1. The second-order valence-electron chi connectivity index (χ2n) is 8.53. The van der Waals surface area contributed by atoms with Gasteiger partial charge >= 0.3 is 18.4 Å². The van der Waals surface area contributed by atoms with E-state index >= 15 is 0 Å². The average molecular weight is 571 g/mol. The van der Waals surface area contributed by atoms with Gasteiger partial charge in [0.1, 0.15) is 11.7 Å². The molecular weight excluding hydrogens is 546 g/mol. The molecule has 3 N–H and O–H groups in total. The largest absolute Gasteiger partial charge is 0.452 e. The Morgan fingerprint density at radius 1 is 1.13 bits per heavy atom. The molecule has 0 spiro atoms. The van der Waals surface area contributed by atoms with Gasteiger partial charge < -0.3 is 19.9 Å². The second-order valence-corrected chi connectivity index (χ2v) is 8.53. The number of hydrazone groups is 1. The van der Waals surface area contributed by atoms with Crippen molar-refractivity contribution in [3.05, 3.63) is 70.5 Å². The van der Waals surface area contributed by atoms with E-state index < -0.39 is 53.8 Å². The molecule has 0 aliphatic carbocycles. The third-order valence-electron chi connectivity index (χ3n) is 5.78. The minimum Gasteiger partial charge on any atom is -0.452 e. The number of halogens is 7. The van der Waals surface area contributed by atoms with E-state index in [1.54, 1.807) is 4.90 Å². The fourth-order valence-electron chi connectivity index (χ4n) is 3.91. The van der Waals surface area contributed by atoms with Crippen molar-refractivity contribution in [3.63, 3.8) is 0 Å². The Bertz CT molecular complexity index is 1140. The summed E-state index contributed by atoms with van der Waals surface area (Å²) in [5.74, 6) is -0.603. The first-order chi connectivity index (χ1) is 18.2. The van der Waals surface area contributed by atoms with Gasteiger partial charge in [-0.3, -0.25) is 4.90 Å². The number of amides is 1. The normalized spacial score (nSPS) is 20.0. The lowest BCUT2D eigenvalue weighted by molar-refractivity contribution is -0.227. The molecule has 1 heterocycles. The van der Waals surface area contributed by atoms with E-state index in [1.807, 2.05) is 0 Å². The molecule has 1 amide bonds. The summed E-state index contributed by atoms with van der Waals surface area (Å²) in [6, 6.07) is 5.54. The van der Waals surface area contributed by atoms with Crippen LogP contribution in [0.25, 0.3) is 0 Å². The maximum absolute atomic E-state index is 13.6. The van der Waals surface area contributed by atoms with Crippen molar-refractivity contribution in [2.24, 2.45) is 10.8 Å². The minimum atomic E-state index is -5.03. The van der Waals surface area contributed by atoms with Crippen LogP contribution in [0.5, 0.6) is 0 Å². The van der Waals surface area contributed by atoms with E-state index in [0.29, 0.717) is 17.7 Å². The van der Waals surface area contributed by atoms with Crippen LogP contribution in [0.15, 0.2) is 47.6 Å². The number of amidine groups is 1. The highest BCUT2D eigenvalue weighted by Gasteiger charge is 2.39. The van der Waals surface area contributed by atoms with E-state index in [0.717, 1.165) is 7.11 Å². The van der Waals surface area contributed by atoms with Crippen LogP contribution >= 0.6 is 0 Å². The zero-order valence-electron chi connectivity index (χ0n) is 20.6. The van der Waals surface area contributed by atoms with Crippen LogP contribution in [-0.2, 0) is 26.6 Å². The number of rotatable bonds is 7. The Morgan fingerprint density at radius 3 is 2.26 bits per heavy atom. The van der Waals surface area contributed by atoms with Crippen LogP contribution in [0.1, 0.15) is 41.3 Å². The van der Waals surface area contributed by atoms with Gasteiger partial charge in [-0.15, -0.1) is 0 Å². The number of benzene rings is 2. The number of carbonyl (C=O) groups is 1. The standard InChI is InChI=1S/C24H25F7N4O4/c1-13(15-9-16(23(26,27)28)11-17(10-15)24(29,30)31)39-21-20(14-3-5-18(25)6-4-14)35(7-8-38-21)12-19(32)33-34-22(36)37-2/h3-6,9-11,13,20-21H,7-8,12H2,1-2H3,(H2,32,33)(H,34,36)/t13-,20+,21-/m1/s1/i12+1,19+1,32+1,33+1,34+1. The van der Waals surface area contributed by atoms with Crippen molar-refractivity contribution in [3.8, 4) is 0 Å². The summed E-state index contributed by atoms with van der Waals surface area (Å²) >= 11 is 0. The molecule has 0 bridgehead atoms. The number of carbonyl (C=O) groups excluding carboxylic acids is 1. The molecule has 1 fully saturated rings. The molecule has 1 aliphatic rings. The number of morpholine rings is 1. The molecule has 1 aliphatic heterocycles. The molecule has 0 saturated carbocycles. The van der Waals surface area contributed by atoms with Crippen LogP contribution in [0, 0.1) is 5.82 Å². The Labute approximate surface area is 218 Å². The molecule has 1 saturated heterocycles. The molecule has 39 heavy (non-hydrogen) atoms. The number of ether oxygens (including phenoxy) is 3. The Kier molecular flexibility index (Phi) is 9.40. The molecule has 8 nitrogen and oxygen atoms in total. The molecule has 0 unspecified atom stereocenters. The van der Waals surface area contributed by atoms with E-state index in [9.17, 15) is 35.5 Å². The zero-order valence-corrected chi connectivity index (χ0v) is 20.6. The van der Waals surface area contributed by atoms with Gasteiger partial charge in [-0.25, -0.2) is 14.6 Å². The van der Waals surface area contributed by atoms with Crippen LogP contribution in [0.3, 0.4) is 0 Å². The van der Waals surface area contributed by atoms with Crippen LogP contribution < -0.4 is 11.2 Å². The van der Waals surface area contributed by atoms with E-state index in [4.69, 9.17) is 15.2 Å². The Balaban J connectivity index is 1.93. The highest BCUT2D eigenvalue weighted by molar-refractivity contribution is 5.83. The molecular formula is C24H25F7N4O4. The van der Waals surface area contributed by atoms with Crippen LogP contribution in [0.4, 0.5) is 35.5 Å². The molecule has 2 aromatic rings. The molecule has 3 atom stereocenters. The lowest BCUT2D eigenvalue weighted by atomic mass is 10.0. The van der Waals surface area contributed by atoms with Gasteiger partial charge in [0.05, 0.1) is 43.5 Å². The Hall–Kier alpha value is -3.43. The van der Waals surface area contributed by atoms with E-state index in [2.05, 4.69) is 15.3 Å². The van der Waals surface area contributed by atoms with Crippen LogP contribution in [-0.4, -0.2) is 49.9 Å². The highest BCUT2D eigenvalue weighted by atomic mass is 19.4. The summed E-state index contributed by atoms with van der Waals surface area (Å²) in [5.41, 5.74) is 5.09. The summed E-state index contributed by atoms with van der Waals surface area (Å²) in [4.78, 5) is 13.0. The summed E-state index contributed by atoms with van der Waals surface area (Å²) in [5, 5.41) is 3.70. The number of hydrogen-bond donors (Lipinski definition) is 2. The summed E-state index contributed by atoms with van der Waals surface area (Å²) < 4.78 is 110. The average Bonchev–Trinajstić information content (AvgIpc) is 2.87. The topological polar surface area (TPSA) is 98.4 Å². The Morgan fingerprint density at radius 2 is 1.72 bits per heavy atom. The van der Waals surface area contributed by atoms with Gasteiger partial charge in [-0.05, 0) is 48.4 Å². The van der Waals surface area contributed by atoms with Gasteiger partial charge in [0, 0.05) is 6.54 Å². The van der Waals surface area contributed by atoms with E-state index in [-0.39, 0.29) is 37.2 Å². The zero-order chi connectivity index (χ0) is 29.0. The van der Waals surface area contributed by atoms with Gasteiger partial charge in [-0.1, -0.05) is 12.1 Å². The third-order valence-corrected chi connectivity index (χ3v) is 5.78. The molecule has 3 rings (SSSR count). The summed E-state index contributed by atoms with van der Waals surface area (Å²) in [6.07, 6.45) is -13.4. The monoisotopic (exact) mass is 571 g/mol. The number of hydrogen-bond acceptors (Lipinski definition) is 6. The lowest BCUT2D eigenvalue weighted by Gasteiger charge is -2.41. The van der Waals surface area contributed by atoms with E-state index in [1.165, 1.54) is 31.2 Å². The predicted molar refractivity (Wildman–Crippen MR) is 124 cm³/mol. The summed E-state index contributed by atoms with van der Waals surface area (Å²) in [7, 11) is 1.12. The van der Waals surface area contributed by atoms with Gasteiger partial charge in [0.15, 0.2) is 6.29 Å². The number of nitrogens with zero attached hydrogens (tertiary/aromatic N) is 2. The van der Waals surface area contributed by atoms with Crippen molar-refractivity contribution in [1.82, 2.24) is 10.3 Å². The minimum absolute atomic E-state index is 0.0286. The molecule has 214 valence electrons. The first-order valence-electron chi connectivity index (χ1n) is 11.4. The van der Waals surface area contributed by atoms with Crippen molar-refractivity contribution < 1.29 is 49.7 Å².